The molecular weight excluding hydrogens is 258 g/mol. The van der Waals surface area contributed by atoms with E-state index in [1.807, 2.05) is 35.3 Å². The molecule has 0 N–H and O–H groups in total. The van der Waals surface area contributed by atoms with Crippen LogP contribution in [0.1, 0.15) is 16.7 Å². The number of rotatable bonds is 2. The molecular formula is C18H15N3. The zero-order chi connectivity index (χ0) is 14.8. The Morgan fingerprint density at radius 2 is 1.76 bits per heavy atom. The lowest BCUT2D eigenvalue weighted by molar-refractivity contribution is 1.02. The molecule has 0 fully saturated rings. The maximum Gasteiger partial charge on any atom is 0.0999 e. The van der Waals surface area contributed by atoms with Crippen molar-refractivity contribution in [3.8, 4) is 23.0 Å². The molecule has 0 spiro atoms. The number of imidazole rings is 1. The molecule has 0 aliphatic carbocycles. The number of para-hydroxylation sites is 1. The summed E-state index contributed by atoms with van der Waals surface area (Å²) in [6.07, 6.45) is 3.83. The highest BCUT2D eigenvalue weighted by atomic mass is 15.0. The Kier molecular flexibility index (Phi) is 3.29. The summed E-state index contributed by atoms with van der Waals surface area (Å²) in [6.45, 7) is 4.19. The molecule has 3 rings (SSSR count). The fraction of sp³-hybridized carbons (Fsp3) is 0.111. The lowest BCUT2D eigenvalue weighted by Crippen LogP contribution is -1.96. The third kappa shape index (κ3) is 2.44. The topological polar surface area (TPSA) is 41.6 Å². The Labute approximate surface area is 124 Å². The summed E-state index contributed by atoms with van der Waals surface area (Å²) in [5.41, 5.74) is 6.06. The number of aryl methyl sites for hydroxylation is 2. The maximum absolute atomic E-state index is 8.99. The molecule has 1 heterocycles. The molecule has 0 radical (unpaired) electrons. The largest absolute Gasteiger partial charge is 0.305 e. The van der Waals surface area contributed by atoms with Crippen LogP contribution in [0.4, 0.5) is 0 Å². The van der Waals surface area contributed by atoms with Gasteiger partial charge in [0.15, 0.2) is 0 Å². The fourth-order valence-corrected chi connectivity index (χ4v) is 2.56. The number of hydrogen-bond acceptors (Lipinski definition) is 2. The average Bonchev–Trinajstić information content (AvgIpc) is 2.97. The molecule has 0 aliphatic heterocycles. The monoisotopic (exact) mass is 273 g/mol. The van der Waals surface area contributed by atoms with E-state index in [0.717, 1.165) is 16.9 Å². The van der Waals surface area contributed by atoms with E-state index in [1.54, 1.807) is 6.07 Å². The van der Waals surface area contributed by atoms with Crippen LogP contribution in [0, 0.1) is 25.2 Å². The van der Waals surface area contributed by atoms with E-state index in [0.29, 0.717) is 5.56 Å². The summed E-state index contributed by atoms with van der Waals surface area (Å²) < 4.78 is 2.04. The molecule has 0 saturated heterocycles. The molecule has 0 bridgehead atoms. The highest BCUT2D eigenvalue weighted by Gasteiger charge is 2.08. The minimum Gasteiger partial charge on any atom is -0.305 e. The molecule has 2 aromatic carbocycles. The van der Waals surface area contributed by atoms with Crippen molar-refractivity contribution in [2.75, 3.05) is 0 Å². The molecule has 3 aromatic rings. The average molecular weight is 273 g/mol. The van der Waals surface area contributed by atoms with Crippen LogP contribution in [0.25, 0.3) is 16.9 Å². The SMILES string of the molecule is Cc1cccc(C)c1-n1cnc(-c2cccc(C#N)c2)c1. The second kappa shape index (κ2) is 5.26. The van der Waals surface area contributed by atoms with Gasteiger partial charge in [0.05, 0.1) is 29.3 Å². The van der Waals surface area contributed by atoms with E-state index in [-0.39, 0.29) is 0 Å². The van der Waals surface area contributed by atoms with Crippen molar-refractivity contribution in [3.05, 3.63) is 71.7 Å². The summed E-state index contributed by atoms with van der Waals surface area (Å²) >= 11 is 0. The van der Waals surface area contributed by atoms with Crippen molar-refractivity contribution in [3.63, 3.8) is 0 Å². The predicted molar refractivity (Wildman–Crippen MR) is 83.2 cm³/mol. The van der Waals surface area contributed by atoms with Crippen molar-refractivity contribution in [1.29, 1.82) is 5.26 Å². The first-order chi connectivity index (χ1) is 10.2. The van der Waals surface area contributed by atoms with E-state index in [2.05, 4.69) is 43.1 Å². The van der Waals surface area contributed by atoms with Crippen LogP contribution in [0.2, 0.25) is 0 Å². The first kappa shape index (κ1) is 13.1. The van der Waals surface area contributed by atoms with Crippen LogP contribution >= 0.6 is 0 Å². The van der Waals surface area contributed by atoms with Crippen molar-refractivity contribution in [1.82, 2.24) is 9.55 Å². The van der Waals surface area contributed by atoms with Crippen LogP contribution in [-0.4, -0.2) is 9.55 Å². The van der Waals surface area contributed by atoms with Crippen molar-refractivity contribution >= 4 is 0 Å². The van der Waals surface area contributed by atoms with Crippen molar-refractivity contribution in [2.24, 2.45) is 0 Å². The Morgan fingerprint density at radius 3 is 2.48 bits per heavy atom. The summed E-state index contributed by atoms with van der Waals surface area (Å²) in [7, 11) is 0. The van der Waals surface area contributed by atoms with Crippen LogP contribution < -0.4 is 0 Å². The summed E-state index contributed by atoms with van der Waals surface area (Å²) in [5, 5.41) is 8.99. The normalized spacial score (nSPS) is 10.3. The number of hydrogen-bond donors (Lipinski definition) is 0. The molecule has 1 aromatic heterocycles. The fourth-order valence-electron chi connectivity index (χ4n) is 2.56. The van der Waals surface area contributed by atoms with Crippen LogP contribution in [0.3, 0.4) is 0 Å². The summed E-state index contributed by atoms with van der Waals surface area (Å²) in [6, 6.07) is 15.9. The lowest BCUT2D eigenvalue weighted by Gasteiger charge is -2.09. The zero-order valence-electron chi connectivity index (χ0n) is 12.0. The second-order valence-electron chi connectivity index (χ2n) is 5.10. The van der Waals surface area contributed by atoms with Gasteiger partial charge in [0.1, 0.15) is 0 Å². The molecule has 0 aliphatic rings. The standard InChI is InChI=1S/C18H15N3/c1-13-5-3-6-14(2)18(13)21-11-17(20-12-21)16-8-4-7-15(9-16)10-19/h3-9,11-12H,1-2H3. The highest BCUT2D eigenvalue weighted by molar-refractivity contribution is 5.62. The maximum atomic E-state index is 8.99. The molecule has 0 saturated carbocycles. The van der Waals surface area contributed by atoms with Gasteiger partial charge in [-0.25, -0.2) is 4.98 Å². The van der Waals surface area contributed by atoms with Gasteiger partial charge in [-0.2, -0.15) is 5.26 Å². The number of aromatic nitrogens is 2. The summed E-state index contributed by atoms with van der Waals surface area (Å²) in [4.78, 5) is 4.47. The third-order valence-electron chi connectivity index (χ3n) is 3.57. The van der Waals surface area contributed by atoms with Crippen molar-refractivity contribution < 1.29 is 0 Å². The Hall–Kier alpha value is -2.86. The van der Waals surface area contributed by atoms with E-state index in [9.17, 15) is 0 Å². The van der Waals surface area contributed by atoms with Gasteiger partial charge in [0, 0.05) is 11.8 Å². The van der Waals surface area contributed by atoms with Crippen molar-refractivity contribution in [2.45, 2.75) is 13.8 Å². The molecule has 3 nitrogen and oxygen atoms in total. The van der Waals surface area contributed by atoms with Crippen LogP contribution in [0.5, 0.6) is 0 Å². The van der Waals surface area contributed by atoms with Gasteiger partial charge in [0.25, 0.3) is 0 Å². The zero-order valence-corrected chi connectivity index (χ0v) is 12.0. The Bertz CT molecular complexity index is 817. The predicted octanol–water partition coefficient (Wildman–Crippen LogP) is 4.03. The Morgan fingerprint density at radius 1 is 1.05 bits per heavy atom. The van der Waals surface area contributed by atoms with Crippen LogP contribution in [-0.2, 0) is 0 Å². The van der Waals surface area contributed by atoms with Gasteiger partial charge in [-0.3, -0.25) is 0 Å². The van der Waals surface area contributed by atoms with Gasteiger partial charge in [-0.1, -0.05) is 30.3 Å². The van der Waals surface area contributed by atoms with Gasteiger partial charge in [-0.05, 0) is 37.1 Å². The molecule has 0 atom stereocenters. The van der Waals surface area contributed by atoms with E-state index in [4.69, 9.17) is 5.26 Å². The smallest absolute Gasteiger partial charge is 0.0999 e. The quantitative estimate of drug-likeness (QED) is 0.707. The van der Waals surface area contributed by atoms with Crippen LogP contribution in [0.15, 0.2) is 55.0 Å². The lowest BCUT2D eigenvalue weighted by atomic mass is 10.1. The molecule has 21 heavy (non-hydrogen) atoms. The summed E-state index contributed by atoms with van der Waals surface area (Å²) in [5.74, 6) is 0. The van der Waals surface area contributed by atoms with E-state index in [1.165, 1.54) is 11.1 Å². The first-order valence-electron chi connectivity index (χ1n) is 6.80. The third-order valence-corrected chi connectivity index (χ3v) is 3.57. The van der Waals surface area contributed by atoms with Gasteiger partial charge in [-0.15, -0.1) is 0 Å². The van der Waals surface area contributed by atoms with Gasteiger partial charge < -0.3 is 4.57 Å². The highest BCUT2D eigenvalue weighted by Crippen LogP contribution is 2.23. The molecule has 0 unspecified atom stereocenters. The first-order valence-corrected chi connectivity index (χ1v) is 6.80. The molecule has 0 amide bonds. The number of nitriles is 1. The Balaban J connectivity index is 2.06. The van der Waals surface area contributed by atoms with E-state index >= 15 is 0 Å². The number of benzene rings is 2. The molecule has 3 heteroatoms. The second-order valence-corrected chi connectivity index (χ2v) is 5.10. The van der Waals surface area contributed by atoms with Gasteiger partial charge >= 0.3 is 0 Å². The minimum atomic E-state index is 0.647. The van der Waals surface area contributed by atoms with Gasteiger partial charge in [0.2, 0.25) is 0 Å². The van der Waals surface area contributed by atoms with E-state index < -0.39 is 0 Å². The number of nitrogens with zero attached hydrogens (tertiary/aromatic N) is 3. The minimum absolute atomic E-state index is 0.647. The molecule has 102 valence electrons.